The van der Waals surface area contributed by atoms with E-state index < -0.39 is 16.1 Å². The third-order valence-electron chi connectivity index (χ3n) is 6.35. The van der Waals surface area contributed by atoms with Gasteiger partial charge in [-0.25, -0.2) is 13.1 Å². The standard InChI is InChI=1S/C31H34N2O2S/c1-24-18-20-29(21-19-24)36(34,35)33-31(28-16-7-4-8-17-28)30(27-14-5-3-6-15-27)32-22-10-13-26-12-9-11-25(2)23-26/h3-9,11-12,14-21,23,30-33H,10,13,22H2,1-2H3/t30-,31-/m0/s1. The van der Waals surface area contributed by atoms with Gasteiger partial charge >= 0.3 is 0 Å². The zero-order chi connectivity index (χ0) is 25.4. The predicted octanol–water partition coefficient (Wildman–Crippen LogP) is 6.29. The van der Waals surface area contributed by atoms with E-state index >= 15 is 0 Å². The molecule has 0 saturated heterocycles. The molecule has 0 aliphatic carbocycles. The lowest BCUT2D eigenvalue weighted by Gasteiger charge is -2.30. The zero-order valence-corrected chi connectivity index (χ0v) is 21.7. The largest absolute Gasteiger partial charge is 0.308 e. The van der Waals surface area contributed by atoms with E-state index in [1.54, 1.807) is 12.1 Å². The first-order chi connectivity index (χ1) is 17.4. The molecule has 0 aromatic heterocycles. The predicted molar refractivity (Wildman–Crippen MR) is 147 cm³/mol. The van der Waals surface area contributed by atoms with Gasteiger partial charge in [0.05, 0.1) is 17.0 Å². The molecular formula is C31H34N2O2S. The van der Waals surface area contributed by atoms with Gasteiger partial charge in [0.1, 0.15) is 0 Å². The van der Waals surface area contributed by atoms with E-state index in [9.17, 15) is 8.42 Å². The van der Waals surface area contributed by atoms with Crippen molar-refractivity contribution < 1.29 is 8.42 Å². The molecular weight excluding hydrogens is 464 g/mol. The number of hydrogen-bond donors (Lipinski definition) is 2. The fourth-order valence-electron chi connectivity index (χ4n) is 4.45. The normalized spacial score (nSPS) is 13.3. The Hall–Kier alpha value is -3.25. The Bertz CT molecular complexity index is 1340. The highest BCUT2D eigenvalue weighted by atomic mass is 32.2. The van der Waals surface area contributed by atoms with Gasteiger partial charge < -0.3 is 5.32 Å². The molecule has 0 spiro atoms. The summed E-state index contributed by atoms with van der Waals surface area (Å²) in [5, 5.41) is 3.68. The van der Waals surface area contributed by atoms with E-state index in [0.717, 1.165) is 36.1 Å². The summed E-state index contributed by atoms with van der Waals surface area (Å²) in [6.45, 7) is 4.81. The number of aryl methyl sites for hydroxylation is 3. The molecule has 0 fully saturated rings. The summed E-state index contributed by atoms with van der Waals surface area (Å²) in [6, 6.07) is 34.7. The number of rotatable bonds is 11. The van der Waals surface area contributed by atoms with Crippen LogP contribution in [0.5, 0.6) is 0 Å². The Balaban J connectivity index is 1.61. The second kappa shape index (κ2) is 12.1. The molecule has 0 unspecified atom stereocenters. The molecule has 186 valence electrons. The first kappa shape index (κ1) is 25.8. The monoisotopic (exact) mass is 498 g/mol. The Kier molecular flexibility index (Phi) is 8.70. The van der Waals surface area contributed by atoms with Crippen molar-refractivity contribution in [2.75, 3.05) is 6.54 Å². The second-order valence-electron chi connectivity index (χ2n) is 9.26. The molecule has 4 aromatic rings. The maximum Gasteiger partial charge on any atom is 0.241 e. The van der Waals surface area contributed by atoms with Crippen molar-refractivity contribution in [3.63, 3.8) is 0 Å². The third-order valence-corrected chi connectivity index (χ3v) is 7.81. The number of hydrogen-bond acceptors (Lipinski definition) is 3. The molecule has 2 N–H and O–H groups in total. The van der Waals surface area contributed by atoms with Crippen LogP contribution in [0, 0.1) is 13.8 Å². The summed E-state index contributed by atoms with van der Waals surface area (Å²) < 4.78 is 30.0. The molecule has 2 atom stereocenters. The molecule has 0 bridgehead atoms. The molecule has 0 heterocycles. The zero-order valence-electron chi connectivity index (χ0n) is 20.9. The minimum absolute atomic E-state index is 0.244. The average molecular weight is 499 g/mol. The van der Waals surface area contributed by atoms with E-state index in [-0.39, 0.29) is 10.9 Å². The van der Waals surface area contributed by atoms with Crippen LogP contribution in [0.15, 0.2) is 114 Å². The Morgan fingerprint density at radius 3 is 1.89 bits per heavy atom. The van der Waals surface area contributed by atoms with Gasteiger partial charge in [-0.15, -0.1) is 0 Å². The first-order valence-electron chi connectivity index (χ1n) is 12.4. The molecule has 4 nitrogen and oxygen atoms in total. The fourth-order valence-corrected chi connectivity index (χ4v) is 5.68. The van der Waals surface area contributed by atoms with E-state index in [0.29, 0.717) is 0 Å². The quantitative estimate of drug-likeness (QED) is 0.239. The first-order valence-corrected chi connectivity index (χ1v) is 13.9. The van der Waals surface area contributed by atoms with Gasteiger partial charge in [-0.3, -0.25) is 0 Å². The van der Waals surface area contributed by atoms with E-state index in [2.05, 4.69) is 41.2 Å². The van der Waals surface area contributed by atoms with Gasteiger partial charge in [-0.1, -0.05) is 108 Å². The lowest BCUT2D eigenvalue weighted by molar-refractivity contribution is 0.420. The molecule has 0 radical (unpaired) electrons. The summed E-state index contributed by atoms with van der Waals surface area (Å²) >= 11 is 0. The SMILES string of the molecule is Cc1ccc(S(=O)(=O)N[C@@H](c2ccccc2)[C@@H](NCCCc2cccc(C)c2)c2ccccc2)cc1. The summed E-state index contributed by atoms with van der Waals surface area (Å²) in [4.78, 5) is 0.264. The molecule has 0 amide bonds. The molecule has 0 aliphatic heterocycles. The van der Waals surface area contributed by atoms with Crippen LogP contribution in [0.1, 0.15) is 46.3 Å². The van der Waals surface area contributed by atoms with Gasteiger partial charge in [-0.05, 0) is 62.1 Å². The smallest absolute Gasteiger partial charge is 0.241 e. The van der Waals surface area contributed by atoms with Crippen LogP contribution >= 0.6 is 0 Å². The van der Waals surface area contributed by atoms with Gasteiger partial charge in [-0.2, -0.15) is 0 Å². The van der Waals surface area contributed by atoms with Crippen LogP contribution in [-0.2, 0) is 16.4 Å². The van der Waals surface area contributed by atoms with E-state index in [1.165, 1.54) is 11.1 Å². The van der Waals surface area contributed by atoms with Crippen molar-refractivity contribution in [1.29, 1.82) is 0 Å². The van der Waals surface area contributed by atoms with Crippen LogP contribution in [0.25, 0.3) is 0 Å². The fraction of sp³-hybridized carbons (Fsp3) is 0.226. The summed E-state index contributed by atoms with van der Waals surface area (Å²) in [5.74, 6) is 0. The molecule has 5 heteroatoms. The Morgan fingerprint density at radius 1 is 0.667 bits per heavy atom. The van der Waals surface area contributed by atoms with Gasteiger partial charge in [0.25, 0.3) is 0 Å². The van der Waals surface area contributed by atoms with Crippen molar-refractivity contribution in [1.82, 2.24) is 10.0 Å². The minimum atomic E-state index is -3.75. The van der Waals surface area contributed by atoms with Crippen molar-refractivity contribution >= 4 is 10.0 Å². The highest BCUT2D eigenvalue weighted by molar-refractivity contribution is 7.89. The minimum Gasteiger partial charge on any atom is -0.308 e. The average Bonchev–Trinajstić information content (AvgIpc) is 2.89. The maximum absolute atomic E-state index is 13.5. The lowest BCUT2D eigenvalue weighted by Crippen LogP contribution is -2.39. The van der Waals surface area contributed by atoms with Gasteiger partial charge in [0.15, 0.2) is 0 Å². The second-order valence-corrected chi connectivity index (χ2v) is 11.0. The van der Waals surface area contributed by atoms with E-state index in [1.807, 2.05) is 79.7 Å². The van der Waals surface area contributed by atoms with Crippen molar-refractivity contribution in [3.05, 3.63) is 137 Å². The van der Waals surface area contributed by atoms with Crippen molar-refractivity contribution in [3.8, 4) is 0 Å². The van der Waals surface area contributed by atoms with Crippen LogP contribution in [0.2, 0.25) is 0 Å². The van der Waals surface area contributed by atoms with Crippen LogP contribution < -0.4 is 10.0 Å². The number of nitrogens with one attached hydrogen (secondary N) is 2. The number of benzene rings is 4. The lowest BCUT2D eigenvalue weighted by atomic mass is 9.94. The summed E-state index contributed by atoms with van der Waals surface area (Å²) in [6.07, 6.45) is 1.90. The van der Waals surface area contributed by atoms with Crippen LogP contribution in [0.4, 0.5) is 0 Å². The molecule has 0 saturated carbocycles. The maximum atomic E-state index is 13.5. The highest BCUT2D eigenvalue weighted by Gasteiger charge is 2.29. The van der Waals surface area contributed by atoms with Gasteiger partial charge in [0.2, 0.25) is 10.0 Å². The van der Waals surface area contributed by atoms with Gasteiger partial charge in [0, 0.05) is 0 Å². The topological polar surface area (TPSA) is 58.2 Å². The molecule has 0 aliphatic rings. The molecule has 4 aromatic carbocycles. The Labute approximate surface area is 215 Å². The third kappa shape index (κ3) is 6.91. The van der Waals surface area contributed by atoms with E-state index in [4.69, 9.17) is 0 Å². The van der Waals surface area contributed by atoms with Crippen molar-refractivity contribution in [2.45, 2.75) is 43.7 Å². The summed E-state index contributed by atoms with van der Waals surface area (Å²) in [5.41, 5.74) is 5.54. The Morgan fingerprint density at radius 2 is 1.28 bits per heavy atom. The molecule has 4 rings (SSSR count). The summed E-state index contributed by atoms with van der Waals surface area (Å²) in [7, 11) is -3.75. The molecule has 36 heavy (non-hydrogen) atoms. The number of sulfonamides is 1. The van der Waals surface area contributed by atoms with Crippen LogP contribution in [-0.4, -0.2) is 15.0 Å². The van der Waals surface area contributed by atoms with Crippen molar-refractivity contribution in [2.24, 2.45) is 0 Å². The highest BCUT2D eigenvalue weighted by Crippen LogP contribution is 2.31. The van der Waals surface area contributed by atoms with Crippen LogP contribution in [0.3, 0.4) is 0 Å².